The van der Waals surface area contributed by atoms with E-state index in [1.165, 1.54) is 5.57 Å². The highest BCUT2D eigenvalue weighted by Gasteiger charge is 2.15. The minimum absolute atomic E-state index is 0.0145. The van der Waals surface area contributed by atoms with Gasteiger partial charge in [0.15, 0.2) is 0 Å². The summed E-state index contributed by atoms with van der Waals surface area (Å²) in [6.45, 7) is 3.75. The van der Waals surface area contributed by atoms with Crippen LogP contribution in [0.4, 0.5) is 0 Å². The Balaban J connectivity index is 1.98. The lowest BCUT2D eigenvalue weighted by atomic mass is 10.0. The number of nitrogens with zero attached hydrogens (tertiary/aromatic N) is 1. The number of hydrogen-bond donors (Lipinski definition) is 1. The maximum atomic E-state index is 12.6. The van der Waals surface area contributed by atoms with Crippen molar-refractivity contribution in [3.8, 4) is 0 Å². The number of pyridine rings is 1. The van der Waals surface area contributed by atoms with Crippen LogP contribution in [0.3, 0.4) is 0 Å². The molecular formula is C18H18N2O. The summed E-state index contributed by atoms with van der Waals surface area (Å²) in [7, 11) is 0. The summed E-state index contributed by atoms with van der Waals surface area (Å²) in [5, 5.41) is 3.34. The molecule has 0 aliphatic carbocycles. The molecule has 0 radical (unpaired) electrons. The first-order valence-electron chi connectivity index (χ1n) is 7.23. The number of nitrogens with one attached hydrogen (secondary N) is 1. The van der Waals surface area contributed by atoms with Crippen LogP contribution in [-0.2, 0) is 0 Å². The molecule has 3 rings (SSSR count). The molecule has 0 bridgehead atoms. The summed E-state index contributed by atoms with van der Waals surface area (Å²) < 4.78 is 0. The van der Waals surface area contributed by atoms with Crippen LogP contribution in [0.15, 0.2) is 48.5 Å². The van der Waals surface area contributed by atoms with Crippen molar-refractivity contribution in [1.82, 2.24) is 10.3 Å². The number of aromatic nitrogens is 1. The second kappa shape index (κ2) is 6.02. The number of carbonyl (C=O) groups excluding carboxylic acids is 1. The number of carbonyl (C=O) groups is 1. The van der Waals surface area contributed by atoms with Crippen LogP contribution in [0.5, 0.6) is 0 Å². The molecule has 21 heavy (non-hydrogen) atoms. The maximum absolute atomic E-state index is 12.6. The molecule has 0 saturated carbocycles. The average Bonchev–Trinajstić information content (AvgIpc) is 2.56. The SMILES string of the molecule is Cc1ccc(C2=CCCNC2)nc1C(=O)c1ccccc1. The second-order valence-corrected chi connectivity index (χ2v) is 5.25. The van der Waals surface area contributed by atoms with Gasteiger partial charge in [0.2, 0.25) is 5.78 Å². The van der Waals surface area contributed by atoms with Gasteiger partial charge in [-0.25, -0.2) is 4.98 Å². The van der Waals surface area contributed by atoms with Gasteiger partial charge in [-0.15, -0.1) is 0 Å². The topological polar surface area (TPSA) is 42.0 Å². The van der Waals surface area contributed by atoms with Gasteiger partial charge in [0.05, 0.1) is 5.69 Å². The Bertz CT molecular complexity index is 690. The van der Waals surface area contributed by atoms with E-state index in [1.54, 1.807) is 0 Å². The lowest BCUT2D eigenvalue weighted by molar-refractivity contribution is 0.103. The molecule has 1 aliphatic rings. The van der Waals surface area contributed by atoms with Gasteiger partial charge in [0.1, 0.15) is 5.69 Å². The van der Waals surface area contributed by atoms with Crippen molar-refractivity contribution < 1.29 is 4.79 Å². The molecule has 1 aromatic heterocycles. The van der Waals surface area contributed by atoms with Crippen molar-refractivity contribution in [3.05, 3.63) is 71.1 Å². The summed E-state index contributed by atoms with van der Waals surface area (Å²) in [6, 6.07) is 13.3. The van der Waals surface area contributed by atoms with Crippen molar-refractivity contribution in [3.63, 3.8) is 0 Å². The van der Waals surface area contributed by atoms with Gasteiger partial charge in [-0.2, -0.15) is 0 Å². The Morgan fingerprint density at radius 3 is 2.67 bits per heavy atom. The Morgan fingerprint density at radius 1 is 1.14 bits per heavy atom. The third-order valence-electron chi connectivity index (χ3n) is 3.70. The van der Waals surface area contributed by atoms with Crippen LogP contribution in [0.25, 0.3) is 5.57 Å². The van der Waals surface area contributed by atoms with E-state index in [4.69, 9.17) is 0 Å². The molecule has 2 heterocycles. The van der Waals surface area contributed by atoms with Crippen molar-refractivity contribution in [2.75, 3.05) is 13.1 Å². The van der Waals surface area contributed by atoms with E-state index >= 15 is 0 Å². The zero-order valence-corrected chi connectivity index (χ0v) is 12.1. The molecule has 0 saturated heterocycles. The summed E-state index contributed by atoms with van der Waals surface area (Å²) in [4.78, 5) is 17.2. The molecule has 0 fully saturated rings. The first kappa shape index (κ1) is 13.7. The second-order valence-electron chi connectivity index (χ2n) is 5.25. The highest BCUT2D eigenvalue weighted by Crippen LogP contribution is 2.19. The molecule has 0 spiro atoms. The zero-order valence-electron chi connectivity index (χ0n) is 12.1. The zero-order chi connectivity index (χ0) is 14.7. The van der Waals surface area contributed by atoms with Crippen LogP contribution in [0.1, 0.15) is 33.7 Å². The van der Waals surface area contributed by atoms with Gasteiger partial charge < -0.3 is 5.32 Å². The standard InChI is InChI=1S/C18H18N2O/c1-13-9-10-16(15-8-5-11-19-12-15)20-17(13)18(21)14-6-3-2-4-7-14/h2-4,6-10,19H,5,11-12H2,1H3. The van der Waals surface area contributed by atoms with Crippen LogP contribution in [0, 0.1) is 6.92 Å². The lowest BCUT2D eigenvalue weighted by Crippen LogP contribution is -2.22. The van der Waals surface area contributed by atoms with Gasteiger partial charge in [-0.1, -0.05) is 42.5 Å². The Kier molecular flexibility index (Phi) is 3.93. The van der Waals surface area contributed by atoms with Crippen LogP contribution < -0.4 is 5.32 Å². The monoisotopic (exact) mass is 278 g/mol. The fourth-order valence-electron chi connectivity index (χ4n) is 2.50. The first-order chi connectivity index (χ1) is 10.3. The third kappa shape index (κ3) is 2.93. The fourth-order valence-corrected chi connectivity index (χ4v) is 2.50. The normalized spacial score (nSPS) is 14.6. The molecule has 1 aromatic carbocycles. The minimum Gasteiger partial charge on any atom is -0.312 e. The number of rotatable bonds is 3. The minimum atomic E-state index is -0.0145. The number of ketones is 1. The molecule has 1 N–H and O–H groups in total. The summed E-state index contributed by atoms with van der Waals surface area (Å²) in [5.74, 6) is -0.0145. The summed E-state index contributed by atoms with van der Waals surface area (Å²) in [5.41, 5.74) is 4.21. The Labute approximate surface area is 124 Å². The van der Waals surface area contributed by atoms with Crippen molar-refractivity contribution >= 4 is 11.4 Å². The van der Waals surface area contributed by atoms with Crippen LogP contribution >= 0.6 is 0 Å². The molecule has 3 heteroatoms. The van der Waals surface area contributed by atoms with E-state index in [1.807, 2.05) is 49.4 Å². The van der Waals surface area contributed by atoms with Gasteiger partial charge >= 0.3 is 0 Å². The Hall–Kier alpha value is -2.26. The number of hydrogen-bond acceptors (Lipinski definition) is 3. The van der Waals surface area contributed by atoms with E-state index in [2.05, 4.69) is 16.4 Å². The van der Waals surface area contributed by atoms with E-state index in [0.29, 0.717) is 11.3 Å². The highest BCUT2D eigenvalue weighted by molar-refractivity contribution is 6.08. The van der Waals surface area contributed by atoms with Crippen molar-refractivity contribution in [2.45, 2.75) is 13.3 Å². The largest absolute Gasteiger partial charge is 0.312 e. The van der Waals surface area contributed by atoms with Gasteiger partial charge in [0.25, 0.3) is 0 Å². The van der Waals surface area contributed by atoms with Crippen molar-refractivity contribution in [2.24, 2.45) is 0 Å². The van der Waals surface area contributed by atoms with E-state index in [-0.39, 0.29) is 5.78 Å². The van der Waals surface area contributed by atoms with Gasteiger partial charge in [-0.05, 0) is 37.1 Å². The fraction of sp³-hybridized carbons (Fsp3) is 0.222. The summed E-state index contributed by atoms with van der Waals surface area (Å²) >= 11 is 0. The molecule has 0 amide bonds. The molecular weight excluding hydrogens is 260 g/mol. The molecule has 2 aromatic rings. The summed E-state index contributed by atoms with van der Waals surface area (Å²) in [6.07, 6.45) is 3.21. The molecule has 0 atom stereocenters. The van der Waals surface area contributed by atoms with Gasteiger partial charge in [0, 0.05) is 12.1 Å². The number of aryl methyl sites for hydroxylation is 1. The van der Waals surface area contributed by atoms with Crippen molar-refractivity contribution in [1.29, 1.82) is 0 Å². The van der Waals surface area contributed by atoms with Crippen LogP contribution in [0.2, 0.25) is 0 Å². The maximum Gasteiger partial charge on any atom is 0.211 e. The van der Waals surface area contributed by atoms with Gasteiger partial charge in [-0.3, -0.25) is 4.79 Å². The predicted molar refractivity (Wildman–Crippen MR) is 84.3 cm³/mol. The van der Waals surface area contributed by atoms with E-state index < -0.39 is 0 Å². The third-order valence-corrected chi connectivity index (χ3v) is 3.70. The van der Waals surface area contributed by atoms with E-state index in [0.717, 1.165) is 30.8 Å². The highest BCUT2D eigenvalue weighted by atomic mass is 16.1. The molecule has 106 valence electrons. The first-order valence-corrected chi connectivity index (χ1v) is 7.23. The average molecular weight is 278 g/mol. The smallest absolute Gasteiger partial charge is 0.211 e. The molecule has 0 unspecified atom stereocenters. The predicted octanol–water partition coefficient (Wildman–Crippen LogP) is 3.00. The lowest BCUT2D eigenvalue weighted by Gasteiger charge is -2.15. The number of benzene rings is 1. The molecule has 1 aliphatic heterocycles. The Morgan fingerprint density at radius 2 is 1.95 bits per heavy atom. The quantitative estimate of drug-likeness (QED) is 0.878. The molecule has 3 nitrogen and oxygen atoms in total. The van der Waals surface area contributed by atoms with Crippen LogP contribution in [-0.4, -0.2) is 23.9 Å². The van der Waals surface area contributed by atoms with E-state index in [9.17, 15) is 4.79 Å².